The van der Waals surface area contributed by atoms with Crippen LogP contribution in [0.4, 0.5) is 23.2 Å². The molecular weight excluding hydrogens is 328 g/mol. The summed E-state index contributed by atoms with van der Waals surface area (Å²) in [6.45, 7) is 0.230. The van der Waals surface area contributed by atoms with Crippen molar-refractivity contribution in [2.24, 2.45) is 0 Å². The number of halogens is 4. The third-order valence-corrected chi connectivity index (χ3v) is 3.81. The third-order valence-electron chi connectivity index (χ3n) is 3.81. The lowest BCUT2D eigenvalue weighted by Crippen LogP contribution is -2.39. The number of ether oxygens (including phenoxy) is 1. The Balaban J connectivity index is 1.80. The normalized spacial score (nSPS) is 16.4. The summed E-state index contributed by atoms with van der Waals surface area (Å²) >= 11 is 0. The molecule has 1 aliphatic rings. The molecule has 0 bridgehead atoms. The molecule has 2 rings (SSSR count). The molecule has 1 saturated heterocycles. The third kappa shape index (κ3) is 5.09. The minimum Gasteiger partial charge on any atom is -0.370 e. The minimum absolute atomic E-state index is 0.433. The second-order valence-corrected chi connectivity index (χ2v) is 5.61. The molecule has 0 atom stereocenters. The number of carbonyl (C=O) groups excluding carboxylic acids is 1. The standard InChI is InChI=1S/C16H20F4N2O2/c17-15(18)16(19,20)12-24-11-14(23)22-8-4-7-21(9-10-22)13-5-2-1-3-6-13/h1-3,5-6,15H,4,7-12H2. The smallest absolute Gasteiger partial charge is 0.330 e. The molecule has 134 valence electrons. The Morgan fingerprint density at radius 1 is 1.12 bits per heavy atom. The Labute approximate surface area is 138 Å². The molecule has 1 aliphatic heterocycles. The summed E-state index contributed by atoms with van der Waals surface area (Å²) in [7, 11) is 0. The second kappa shape index (κ2) is 8.32. The van der Waals surface area contributed by atoms with Gasteiger partial charge in [0.05, 0.1) is 0 Å². The zero-order valence-electron chi connectivity index (χ0n) is 13.1. The number of amides is 1. The van der Waals surface area contributed by atoms with Gasteiger partial charge in [-0.15, -0.1) is 0 Å². The summed E-state index contributed by atoms with van der Waals surface area (Å²) in [6.07, 6.45) is -3.07. The maximum Gasteiger partial charge on any atom is 0.330 e. The van der Waals surface area contributed by atoms with Crippen LogP contribution >= 0.6 is 0 Å². The van der Waals surface area contributed by atoms with Crippen LogP contribution in [0.5, 0.6) is 0 Å². The van der Waals surface area contributed by atoms with E-state index in [-0.39, 0.29) is 0 Å². The lowest BCUT2D eigenvalue weighted by Gasteiger charge is -2.24. The number of para-hydroxylation sites is 1. The molecule has 8 heteroatoms. The Morgan fingerprint density at radius 3 is 2.50 bits per heavy atom. The predicted molar refractivity (Wildman–Crippen MR) is 81.6 cm³/mol. The highest BCUT2D eigenvalue weighted by atomic mass is 19.3. The van der Waals surface area contributed by atoms with Gasteiger partial charge in [0, 0.05) is 31.9 Å². The molecule has 0 saturated carbocycles. The highest BCUT2D eigenvalue weighted by molar-refractivity contribution is 5.77. The van der Waals surface area contributed by atoms with E-state index < -0.39 is 31.5 Å². The molecule has 1 heterocycles. The maximum absolute atomic E-state index is 12.7. The van der Waals surface area contributed by atoms with Crippen molar-refractivity contribution in [1.82, 2.24) is 4.90 Å². The van der Waals surface area contributed by atoms with Gasteiger partial charge in [-0.25, -0.2) is 8.78 Å². The molecule has 0 N–H and O–H groups in total. The van der Waals surface area contributed by atoms with Gasteiger partial charge in [0.15, 0.2) is 0 Å². The summed E-state index contributed by atoms with van der Waals surface area (Å²) in [4.78, 5) is 15.7. The van der Waals surface area contributed by atoms with Gasteiger partial charge < -0.3 is 14.5 Å². The SMILES string of the molecule is O=C(COCC(F)(F)C(F)F)N1CCCN(c2ccccc2)CC1. The number of carbonyl (C=O) groups is 1. The number of hydrogen-bond acceptors (Lipinski definition) is 3. The van der Waals surface area contributed by atoms with Crippen molar-refractivity contribution in [3.8, 4) is 0 Å². The van der Waals surface area contributed by atoms with E-state index in [1.807, 2.05) is 30.3 Å². The fourth-order valence-corrected chi connectivity index (χ4v) is 2.49. The Hall–Kier alpha value is -1.83. The van der Waals surface area contributed by atoms with Gasteiger partial charge in [-0.05, 0) is 18.6 Å². The van der Waals surface area contributed by atoms with E-state index in [1.54, 1.807) is 0 Å². The summed E-state index contributed by atoms with van der Waals surface area (Å²) in [5.41, 5.74) is 1.06. The molecule has 1 amide bonds. The van der Waals surface area contributed by atoms with Crippen molar-refractivity contribution in [3.05, 3.63) is 30.3 Å². The second-order valence-electron chi connectivity index (χ2n) is 5.61. The summed E-state index contributed by atoms with van der Waals surface area (Å²) in [6, 6.07) is 9.74. The number of rotatable bonds is 6. The number of nitrogens with zero attached hydrogens (tertiary/aromatic N) is 2. The van der Waals surface area contributed by atoms with Crippen LogP contribution in [0, 0.1) is 0 Å². The molecule has 0 unspecified atom stereocenters. The fourth-order valence-electron chi connectivity index (χ4n) is 2.49. The van der Waals surface area contributed by atoms with Gasteiger partial charge in [0.2, 0.25) is 5.91 Å². The van der Waals surface area contributed by atoms with E-state index in [4.69, 9.17) is 0 Å². The maximum atomic E-state index is 12.7. The van der Waals surface area contributed by atoms with Crippen molar-refractivity contribution in [3.63, 3.8) is 0 Å². The van der Waals surface area contributed by atoms with Gasteiger partial charge in [-0.2, -0.15) is 8.78 Å². The van der Waals surface area contributed by atoms with Crippen LogP contribution in [0.3, 0.4) is 0 Å². The molecule has 0 spiro atoms. The van der Waals surface area contributed by atoms with Crippen molar-refractivity contribution < 1.29 is 27.1 Å². The van der Waals surface area contributed by atoms with Gasteiger partial charge in [-0.1, -0.05) is 18.2 Å². The number of alkyl halides is 4. The molecule has 0 radical (unpaired) electrons. The summed E-state index contributed by atoms with van der Waals surface area (Å²) < 4.78 is 54.0. The first-order valence-corrected chi connectivity index (χ1v) is 7.71. The molecule has 0 aliphatic carbocycles. The minimum atomic E-state index is -4.23. The number of hydrogen-bond donors (Lipinski definition) is 0. The molecule has 1 fully saturated rings. The quantitative estimate of drug-likeness (QED) is 0.741. The van der Waals surface area contributed by atoms with Crippen molar-refractivity contribution in [2.45, 2.75) is 18.8 Å². The molecule has 1 aromatic carbocycles. The zero-order chi connectivity index (χ0) is 17.6. The largest absolute Gasteiger partial charge is 0.370 e. The average Bonchev–Trinajstić information content (AvgIpc) is 2.81. The van der Waals surface area contributed by atoms with E-state index in [9.17, 15) is 22.4 Å². The van der Waals surface area contributed by atoms with E-state index in [0.29, 0.717) is 19.6 Å². The highest BCUT2D eigenvalue weighted by Crippen LogP contribution is 2.23. The van der Waals surface area contributed by atoms with Gasteiger partial charge in [0.25, 0.3) is 0 Å². The van der Waals surface area contributed by atoms with Gasteiger partial charge in [-0.3, -0.25) is 4.79 Å². The molecule has 24 heavy (non-hydrogen) atoms. The summed E-state index contributed by atoms with van der Waals surface area (Å²) in [5, 5.41) is 0. The van der Waals surface area contributed by atoms with Crippen LogP contribution in [0.15, 0.2) is 30.3 Å². The van der Waals surface area contributed by atoms with Gasteiger partial charge in [0.1, 0.15) is 13.2 Å². The predicted octanol–water partition coefficient (Wildman–Crippen LogP) is 2.64. The van der Waals surface area contributed by atoms with E-state index in [0.717, 1.165) is 18.7 Å². The van der Waals surface area contributed by atoms with Crippen LogP contribution in [-0.4, -0.2) is 62.5 Å². The van der Waals surface area contributed by atoms with E-state index >= 15 is 0 Å². The zero-order valence-corrected chi connectivity index (χ0v) is 13.1. The average molecular weight is 348 g/mol. The fraction of sp³-hybridized carbons (Fsp3) is 0.562. The monoisotopic (exact) mass is 348 g/mol. The topological polar surface area (TPSA) is 32.8 Å². The number of anilines is 1. The van der Waals surface area contributed by atoms with Crippen molar-refractivity contribution in [1.29, 1.82) is 0 Å². The van der Waals surface area contributed by atoms with Gasteiger partial charge >= 0.3 is 12.3 Å². The van der Waals surface area contributed by atoms with Crippen LogP contribution < -0.4 is 4.90 Å². The number of benzene rings is 1. The first-order chi connectivity index (χ1) is 11.4. The van der Waals surface area contributed by atoms with E-state index in [2.05, 4.69) is 9.64 Å². The lowest BCUT2D eigenvalue weighted by molar-refractivity contribution is -0.170. The van der Waals surface area contributed by atoms with Crippen LogP contribution in [0.1, 0.15) is 6.42 Å². The molecule has 1 aromatic rings. The van der Waals surface area contributed by atoms with Crippen molar-refractivity contribution >= 4 is 11.6 Å². The van der Waals surface area contributed by atoms with E-state index in [1.165, 1.54) is 4.90 Å². The summed E-state index contributed by atoms with van der Waals surface area (Å²) in [5.74, 6) is -4.70. The van der Waals surface area contributed by atoms with Crippen LogP contribution in [0.25, 0.3) is 0 Å². The van der Waals surface area contributed by atoms with Crippen LogP contribution in [0.2, 0.25) is 0 Å². The van der Waals surface area contributed by atoms with Crippen molar-refractivity contribution in [2.75, 3.05) is 44.3 Å². The Kier molecular flexibility index (Phi) is 6.42. The molecular formula is C16H20F4N2O2. The molecule has 0 aromatic heterocycles. The molecule has 4 nitrogen and oxygen atoms in total. The first-order valence-electron chi connectivity index (χ1n) is 7.71. The Bertz CT molecular complexity index is 528. The lowest BCUT2D eigenvalue weighted by atomic mass is 10.3. The first kappa shape index (κ1) is 18.5. The Morgan fingerprint density at radius 2 is 1.83 bits per heavy atom. The highest BCUT2D eigenvalue weighted by Gasteiger charge is 2.41. The van der Waals surface area contributed by atoms with Crippen LogP contribution in [-0.2, 0) is 9.53 Å².